The van der Waals surface area contributed by atoms with Crippen LogP contribution in [0.5, 0.6) is 0 Å². The maximum absolute atomic E-state index is 2.70. The van der Waals surface area contributed by atoms with Crippen molar-refractivity contribution < 1.29 is 0 Å². The van der Waals surface area contributed by atoms with Crippen LogP contribution in [0.15, 0.2) is 36.4 Å². The van der Waals surface area contributed by atoms with Gasteiger partial charge in [-0.1, -0.05) is 62.2 Å². The Balaban J connectivity index is 1.79. The first-order chi connectivity index (χ1) is 10.7. The molecule has 1 heterocycles. The van der Waals surface area contributed by atoms with E-state index in [4.69, 9.17) is 0 Å². The molecule has 1 aliphatic rings. The van der Waals surface area contributed by atoms with Crippen LogP contribution >= 0.6 is 0 Å². The highest BCUT2D eigenvalue weighted by molar-refractivity contribution is 5.48. The fourth-order valence-electron chi connectivity index (χ4n) is 3.50. The van der Waals surface area contributed by atoms with Crippen LogP contribution in [0, 0.1) is 0 Å². The SMILES string of the molecule is CCCCCN1C(C)CN(C/C=C/c2ccccc2)CC1C. The van der Waals surface area contributed by atoms with E-state index in [0.29, 0.717) is 12.1 Å². The first-order valence-corrected chi connectivity index (χ1v) is 8.90. The Bertz CT molecular complexity index is 428. The fourth-order valence-corrected chi connectivity index (χ4v) is 3.50. The zero-order valence-electron chi connectivity index (χ0n) is 14.5. The molecule has 0 amide bonds. The Morgan fingerprint density at radius 3 is 2.36 bits per heavy atom. The van der Waals surface area contributed by atoms with Gasteiger partial charge in [-0.3, -0.25) is 9.80 Å². The molecular weight excluding hydrogens is 268 g/mol. The minimum atomic E-state index is 0.672. The number of benzene rings is 1. The van der Waals surface area contributed by atoms with Gasteiger partial charge < -0.3 is 0 Å². The lowest BCUT2D eigenvalue weighted by Crippen LogP contribution is -2.56. The Labute approximate surface area is 136 Å². The number of nitrogens with zero attached hydrogens (tertiary/aromatic N) is 2. The lowest BCUT2D eigenvalue weighted by atomic mass is 10.1. The summed E-state index contributed by atoms with van der Waals surface area (Å²) in [5.41, 5.74) is 1.29. The summed E-state index contributed by atoms with van der Waals surface area (Å²) in [7, 11) is 0. The molecule has 0 spiro atoms. The van der Waals surface area contributed by atoms with Crippen LogP contribution in [0.25, 0.3) is 6.08 Å². The first-order valence-electron chi connectivity index (χ1n) is 8.90. The second-order valence-corrected chi connectivity index (χ2v) is 6.67. The summed E-state index contributed by atoms with van der Waals surface area (Å²) < 4.78 is 0. The van der Waals surface area contributed by atoms with Gasteiger partial charge >= 0.3 is 0 Å². The average Bonchev–Trinajstić information content (AvgIpc) is 2.51. The van der Waals surface area contributed by atoms with Gasteiger partial charge in [0.15, 0.2) is 0 Å². The Morgan fingerprint density at radius 1 is 1.05 bits per heavy atom. The van der Waals surface area contributed by atoms with Crippen LogP contribution in [0.1, 0.15) is 45.6 Å². The Morgan fingerprint density at radius 2 is 1.73 bits per heavy atom. The first kappa shape index (κ1) is 17.2. The van der Waals surface area contributed by atoms with Gasteiger partial charge in [0.1, 0.15) is 0 Å². The van der Waals surface area contributed by atoms with E-state index in [1.54, 1.807) is 0 Å². The Hall–Kier alpha value is -1.12. The number of hydrogen-bond donors (Lipinski definition) is 0. The molecule has 0 aromatic heterocycles. The summed E-state index contributed by atoms with van der Waals surface area (Å²) in [6, 6.07) is 11.9. The normalized spacial score (nSPS) is 24.1. The van der Waals surface area contributed by atoms with Crippen LogP contribution in [0.2, 0.25) is 0 Å². The van der Waals surface area contributed by atoms with Crippen LogP contribution in [-0.2, 0) is 0 Å². The molecule has 2 nitrogen and oxygen atoms in total. The molecule has 0 N–H and O–H groups in total. The minimum absolute atomic E-state index is 0.672. The molecule has 0 aliphatic carbocycles. The molecule has 2 heteroatoms. The standard InChI is InChI=1S/C20H32N2/c1-4-5-9-15-22-18(2)16-21(17-19(22)3)14-10-13-20-11-7-6-8-12-20/h6-8,10-13,18-19H,4-5,9,14-17H2,1-3H3/b13-10+. The van der Waals surface area contributed by atoms with Crippen molar-refractivity contribution in [3.05, 3.63) is 42.0 Å². The van der Waals surface area contributed by atoms with E-state index in [1.165, 1.54) is 44.5 Å². The van der Waals surface area contributed by atoms with Crippen molar-refractivity contribution in [1.82, 2.24) is 9.80 Å². The zero-order valence-corrected chi connectivity index (χ0v) is 14.5. The number of piperazine rings is 1. The molecule has 2 rings (SSSR count). The molecule has 0 saturated carbocycles. The zero-order chi connectivity index (χ0) is 15.8. The molecule has 122 valence electrons. The predicted molar refractivity (Wildman–Crippen MR) is 97.1 cm³/mol. The molecular formula is C20H32N2. The van der Waals surface area contributed by atoms with Gasteiger partial charge in [-0.15, -0.1) is 0 Å². The van der Waals surface area contributed by atoms with E-state index < -0.39 is 0 Å². The topological polar surface area (TPSA) is 6.48 Å². The third-order valence-corrected chi connectivity index (χ3v) is 4.67. The summed E-state index contributed by atoms with van der Waals surface area (Å²) in [4.78, 5) is 5.29. The molecule has 1 fully saturated rings. The number of hydrogen-bond acceptors (Lipinski definition) is 2. The van der Waals surface area contributed by atoms with E-state index in [0.717, 1.165) is 6.54 Å². The lowest BCUT2D eigenvalue weighted by molar-refractivity contribution is 0.0438. The van der Waals surface area contributed by atoms with E-state index in [-0.39, 0.29) is 0 Å². The number of rotatable bonds is 7. The van der Waals surface area contributed by atoms with Crippen LogP contribution in [0.4, 0.5) is 0 Å². The molecule has 1 aromatic carbocycles. The summed E-state index contributed by atoms with van der Waals surface area (Å²) in [5, 5.41) is 0. The molecule has 22 heavy (non-hydrogen) atoms. The van der Waals surface area contributed by atoms with Crippen molar-refractivity contribution in [2.24, 2.45) is 0 Å². The van der Waals surface area contributed by atoms with Crippen molar-refractivity contribution >= 4 is 6.08 Å². The monoisotopic (exact) mass is 300 g/mol. The van der Waals surface area contributed by atoms with Crippen LogP contribution < -0.4 is 0 Å². The third kappa shape index (κ3) is 5.26. The van der Waals surface area contributed by atoms with E-state index in [2.05, 4.69) is 73.1 Å². The summed E-state index contributed by atoms with van der Waals surface area (Å²) in [5.74, 6) is 0. The lowest BCUT2D eigenvalue weighted by Gasteiger charge is -2.44. The summed E-state index contributed by atoms with van der Waals surface area (Å²) >= 11 is 0. The van der Waals surface area contributed by atoms with E-state index in [9.17, 15) is 0 Å². The fraction of sp³-hybridized carbons (Fsp3) is 0.600. The van der Waals surface area contributed by atoms with Crippen molar-refractivity contribution in [2.45, 2.75) is 52.1 Å². The second kappa shape index (κ2) is 9.12. The minimum Gasteiger partial charge on any atom is -0.297 e. The summed E-state index contributed by atoms with van der Waals surface area (Å²) in [6.07, 6.45) is 8.57. The van der Waals surface area contributed by atoms with Gasteiger partial charge in [-0.25, -0.2) is 0 Å². The molecule has 1 aliphatic heterocycles. The maximum Gasteiger partial charge on any atom is 0.0198 e. The average molecular weight is 300 g/mol. The molecule has 0 bridgehead atoms. The van der Waals surface area contributed by atoms with E-state index in [1.807, 2.05) is 0 Å². The smallest absolute Gasteiger partial charge is 0.0198 e. The molecule has 2 unspecified atom stereocenters. The highest BCUT2D eigenvalue weighted by Gasteiger charge is 2.27. The molecule has 0 radical (unpaired) electrons. The van der Waals surface area contributed by atoms with Crippen molar-refractivity contribution in [3.63, 3.8) is 0 Å². The maximum atomic E-state index is 2.70. The Kier molecular flexibility index (Phi) is 7.14. The molecule has 1 saturated heterocycles. The van der Waals surface area contributed by atoms with Crippen molar-refractivity contribution in [2.75, 3.05) is 26.2 Å². The van der Waals surface area contributed by atoms with Gasteiger partial charge in [0.25, 0.3) is 0 Å². The van der Waals surface area contributed by atoms with E-state index >= 15 is 0 Å². The largest absolute Gasteiger partial charge is 0.297 e. The van der Waals surface area contributed by atoms with Gasteiger partial charge in [0.2, 0.25) is 0 Å². The number of unbranched alkanes of at least 4 members (excludes halogenated alkanes) is 2. The quantitative estimate of drug-likeness (QED) is 0.693. The van der Waals surface area contributed by atoms with Crippen molar-refractivity contribution in [3.8, 4) is 0 Å². The van der Waals surface area contributed by atoms with Crippen LogP contribution in [0.3, 0.4) is 0 Å². The highest BCUT2D eigenvalue weighted by Crippen LogP contribution is 2.17. The third-order valence-electron chi connectivity index (χ3n) is 4.67. The second-order valence-electron chi connectivity index (χ2n) is 6.67. The highest BCUT2D eigenvalue weighted by atomic mass is 15.3. The van der Waals surface area contributed by atoms with Crippen LogP contribution in [-0.4, -0.2) is 48.1 Å². The molecule has 1 aromatic rings. The van der Waals surface area contributed by atoms with Gasteiger partial charge in [-0.2, -0.15) is 0 Å². The molecule has 2 atom stereocenters. The van der Waals surface area contributed by atoms with Gasteiger partial charge in [0.05, 0.1) is 0 Å². The predicted octanol–water partition coefficient (Wildman–Crippen LogP) is 4.28. The van der Waals surface area contributed by atoms with Gasteiger partial charge in [-0.05, 0) is 32.4 Å². The van der Waals surface area contributed by atoms with Crippen molar-refractivity contribution in [1.29, 1.82) is 0 Å². The summed E-state index contributed by atoms with van der Waals surface area (Å²) in [6.45, 7) is 11.8. The van der Waals surface area contributed by atoms with Gasteiger partial charge in [0, 0.05) is 31.7 Å².